The first-order valence-electron chi connectivity index (χ1n) is 6.71. The van der Waals surface area contributed by atoms with E-state index in [0.717, 1.165) is 32.4 Å². The molecule has 1 heterocycles. The Hall–Kier alpha value is -1.44. The summed E-state index contributed by atoms with van der Waals surface area (Å²) in [5, 5.41) is 0. The highest BCUT2D eigenvalue weighted by Crippen LogP contribution is 2.48. The second-order valence-corrected chi connectivity index (χ2v) is 5.42. The van der Waals surface area contributed by atoms with Gasteiger partial charge in [0.25, 0.3) is 0 Å². The first-order chi connectivity index (χ1) is 8.84. The number of nitrogens with zero attached hydrogens (tertiary/aromatic N) is 2. The molecule has 18 heavy (non-hydrogen) atoms. The first-order valence-corrected chi connectivity index (χ1v) is 6.71. The molecule has 1 aromatic carbocycles. The van der Waals surface area contributed by atoms with Gasteiger partial charge in [-0.25, -0.2) is 4.79 Å². The van der Waals surface area contributed by atoms with E-state index >= 15 is 0 Å². The van der Waals surface area contributed by atoms with Crippen LogP contribution in [-0.2, 0) is 11.3 Å². The first kappa shape index (κ1) is 11.6. The third-order valence-corrected chi connectivity index (χ3v) is 4.24. The van der Waals surface area contributed by atoms with Gasteiger partial charge in [0.15, 0.2) is 0 Å². The standard InChI is InChI=1S/C15H18N2O/c18-12-16-15(8-9-15)14-7-4-10-17(14)11-13-5-2-1-3-6-13/h1-3,5-6,14H,4,7-11H2. The molecule has 1 unspecified atom stereocenters. The Balaban J connectivity index is 1.74. The molecule has 1 atom stereocenters. The summed E-state index contributed by atoms with van der Waals surface area (Å²) in [6, 6.07) is 11.0. The average Bonchev–Trinajstić information content (AvgIpc) is 3.02. The second kappa shape index (κ2) is 4.68. The zero-order valence-electron chi connectivity index (χ0n) is 10.5. The highest BCUT2D eigenvalue weighted by molar-refractivity contribution is 5.37. The highest BCUT2D eigenvalue weighted by atomic mass is 16.1. The van der Waals surface area contributed by atoms with Crippen LogP contribution in [0.5, 0.6) is 0 Å². The van der Waals surface area contributed by atoms with Crippen molar-refractivity contribution in [3.05, 3.63) is 35.9 Å². The molecule has 3 heteroatoms. The van der Waals surface area contributed by atoms with Crippen LogP contribution in [0.2, 0.25) is 0 Å². The maximum Gasteiger partial charge on any atom is 0.235 e. The number of benzene rings is 1. The predicted octanol–water partition coefficient (Wildman–Crippen LogP) is 2.52. The van der Waals surface area contributed by atoms with Crippen molar-refractivity contribution in [3.63, 3.8) is 0 Å². The summed E-state index contributed by atoms with van der Waals surface area (Å²) in [6.45, 7) is 2.09. The number of rotatable bonds is 4. The molecule has 0 spiro atoms. The van der Waals surface area contributed by atoms with E-state index in [9.17, 15) is 4.79 Å². The number of likely N-dealkylation sites (tertiary alicyclic amines) is 1. The fourth-order valence-electron chi connectivity index (χ4n) is 3.18. The van der Waals surface area contributed by atoms with Crippen LogP contribution in [-0.4, -0.2) is 29.1 Å². The molecule has 2 fully saturated rings. The van der Waals surface area contributed by atoms with Gasteiger partial charge in [0.2, 0.25) is 6.08 Å². The molecule has 3 nitrogen and oxygen atoms in total. The van der Waals surface area contributed by atoms with Gasteiger partial charge in [0.1, 0.15) is 0 Å². The van der Waals surface area contributed by atoms with Gasteiger partial charge < -0.3 is 0 Å². The fourth-order valence-corrected chi connectivity index (χ4v) is 3.18. The largest absolute Gasteiger partial charge is 0.294 e. The molecule has 1 aromatic rings. The maximum atomic E-state index is 10.6. The van der Waals surface area contributed by atoms with Crippen molar-refractivity contribution in [1.29, 1.82) is 0 Å². The lowest BCUT2D eigenvalue weighted by Crippen LogP contribution is -2.39. The summed E-state index contributed by atoms with van der Waals surface area (Å²) >= 11 is 0. The van der Waals surface area contributed by atoms with Gasteiger partial charge in [0.05, 0.1) is 5.54 Å². The molecule has 1 aliphatic carbocycles. The van der Waals surface area contributed by atoms with Crippen LogP contribution in [0.25, 0.3) is 0 Å². The van der Waals surface area contributed by atoms with Crippen molar-refractivity contribution >= 4 is 6.08 Å². The Labute approximate surface area is 108 Å². The number of aliphatic imine (C=N–C) groups is 1. The minimum Gasteiger partial charge on any atom is -0.294 e. The van der Waals surface area contributed by atoms with Crippen molar-refractivity contribution < 1.29 is 4.79 Å². The topological polar surface area (TPSA) is 32.7 Å². The molecule has 2 aliphatic rings. The maximum absolute atomic E-state index is 10.6. The lowest BCUT2D eigenvalue weighted by Gasteiger charge is -2.28. The van der Waals surface area contributed by atoms with Crippen molar-refractivity contribution in [2.24, 2.45) is 4.99 Å². The Bertz CT molecular complexity index is 461. The van der Waals surface area contributed by atoms with Gasteiger partial charge >= 0.3 is 0 Å². The molecule has 0 aromatic heterocycles. The van der Waals surface area contributed by atoms with Crippen LogP contribution in [0.1, 0.15) is 31.2 Å². The van der Waals surface area contributed by atoms with Crippen LogP contribution in [0.15, 0.2) is 35.3 Å². The van der Waals surface area contributed by atoms with Crippen LogP contribution < -0.4 is 0 Å². The molecule has 0 amide bonds. The quantitative estimate of drug-likeness (QED) is 0.600. The van der Waals surface area contributed by atoms with E-state index in [0.29, 0.717) is 6.04 Å². The van der Waals surface area contributed by atoms with E-state index in [-0.39, 0.29) is 5.54 Å². The fraction of sp³-hybridized carbons (Fsp3) is 0.533. The molecule has 0 bridgehead atoms. The van der Waals surface area contributed by atoms with Gasteiger partial charge in [0, 0.05) is 12.6 Å². The molecule has 0 N–H and O–H groups in total. The minimum absolute atomic E-state index is 0.0902. The summed E-state index contributed by atoms with van der Waals surface area (Å²) in [7, 11) is 0. The number of carbonyl (C=O) groups excluding carboxylic acids is 1. The summed E-state index contributed by atoms with van der Waals surface area (Å²) in [5.74, 6) is 0. The molecular weight excluding hydrogens is 224 g/mol. The van der Waals surface area contributed by atoms with Crippen molar-refractivity contribution in [1.82, 2.24) is 4.90 Å². The molecule has 1 saturated heterocycles. The van der Waals surface area contributed by atoms with Crippen LogP contribution in [0.4, 0.5) is 0 Å². The predicted molar refractivity (Wildman–Crippen MR) is 70.0 cm³/mol. The highest BCUT2D eigenvalue weighted by Gasteiger charge is 2.53. The number of isocyanates is 1. The van der Waals surface area contributed by atoms with E-state index in [1.165, 1.54) is 12.0 Å². The Morgan fingerprint density at radius 1 is 1.33 bits per heavy atom. The van der Waals surface area contributed by atoms with E-state index < -0.39 is 0 Å². The molecule has 3 rings (SSSR count). The lowest BCUT2D eigenvalue weighted by atomic mass is 10.0. The van der Waals surface area contributed by atoms with Crippen LogP contribution in [0, 0.1) is 0 Å². The third-order valence-electron chi connectivity index (χ3n) is 4.24. The van der Waals surface area contributed by atoms with Crippen LogP contribution >= 0.6 is 0 Å². The average molecular weight is 242 g/mol. The van der Waals surface area contributed by atoms with E-state index in [2.05, 4.69) is 34.2 Å². The summed E-state index contributed by atoms with van der Waals surface area (Å²) in [6.07, 6.45) is 6.27. The monoisotopic (exact) mass is 242 g/mol. The van der Waals surface area contributed by atoms with Gasteiger partial charge in [-0.15, -0.1) is 0 Å². The second-order valence-electron chi connectivity index (χ2n) is 5.42. The van der Waals surface area contributed by atoms with Gasteiger partial charge in [-0.1, -0.05) is 30.3 Å². The molecule has 94 valence electrons. The van der Waals surface area contributed by atoms with E-state index in [1.54, 1.807) is 6.08 Å². The number of hydrogen-bond donors (Lipinski definition) is 0. The molecular formula is C15H18N2O. The van der Waals surface area contributed by atoms with E-state index in [1.807, 2.05) is 6.07 Å². The third kappa shape index (κ3) is 2.12. The van der Waals surface area contributed by atoms with Crippen molar-refractivity contribution in [2.45, 2.75) is 43.8 Å². The smallest absolute Gasteiger partial charge is 0.235 e. The Morgan fingerprint density at radius 3 is 2.78 bits per heavy atom. The summed E-state index contributed by atoms with van der Waals surface area (Å²) in [4.78, 5) is 17.2. The summed E-state index contributed by atoms with van der Waals surface area (Å²) < 4.78 is 0. The Morgan fingerprint density at radius 2 is 2.11 bits per heavy atom. The SMILES string of the molecule is O=C=NC1(C2CCCN2Cc2ccccc2)CC1. The van der Waals surface area contributed by atoms with Crippen molar-refractivity contribution in [2.75, 3.05) is 6.54 Å². The lowest BCUT2D eigenvalue weighted by molar-refractivity contribution is 0.207. The minimum atomic E-state index is -0.0902. The number of hydrogen-bond acceptors (Lipinski definition) is 3. The van der Waals surface area contributed by atoms with Crippen molar-refractivity contribution in [3.8, 4) is 0 Å². The molecule has 1 saturated carbocycles. The zero-order chi connectivity index (χ0) is 12.4. The zero-order valence-corrected chi connectivity index (χ0v) is 10.5. The normalized spacial score (nSPS) is 25.7. The van der Waals surface area contributed by atoms with Gasteiger partial charge in [-0.2, -0.15) is 4.99 Å². The van der Waals surface area contributed by atoms with Gasteiger partial charge in [-0.05, 0) is 37.8 Å². The Kier molecular flexibility index (Phi) is 3.02. The molecule has 1 aliphatic heterocycles. The van der Waals surface area contributed by atoms with Crippen LogP contribution in [0.3, 0.4) is 0 Å². The summed E-state index contributed by atoms with van der Waals surface area (Å²) in [5.41, 5.74) is 1.25. The van der Waals surface area contributed by atoms with E-state index in [4.69, 9.17) is 0 Å². The van der Waals surface area contributed by atoms with Gasteiger partial charge in [-0.3, -0.25) is 4.90 Å². The molecule has 0 radical (unpaired) electrons.